The highest BCUT2D eigenvalue weighted by Crippen LogP contribution is 2.26. The zero-order chi connectivity index (χ0) is 18.0. The van der Waals surface area contributed by atoms with Gasteiger partial charge in [0.2, 0.25) is 0 Å². The number of carboxylic acid groups (broad SMARTS) is 1. The molecule has 0 aromatic heterocycles. The van der Waals surface area contributed by atoms with E-state index in [1.54, 1.807) is 0 Å². The van der Waals surface area contributed by atoms with Crippen molar-refractivity contribution < 1.29 is 38.9 Å². The van der Waals surface area contributed by atoms with Crippen molar-refractivity contribution in [2.24, 2.45) is 0 Å². The van der Waals surface area contributed by atoms with E-state index in [1.165, 1.54) is 13.0 Å². The van der Waals surface area contributed by atoms with Gasteiger partial charge in [-0.1, -0.05) is 6.58 Å². The molecule has 2 unspecified atom stereocenters. The molecular formula is C16H14O8. The van der Waals surface area contributed by atoms with Crippen molar-refractivity contribution in [1.29, 1.82) is 0 Å². The van der Waals surface area contributed by atoms with Crippen LogP contribution in [0.3, 0.4) is 0 Å². The first kappa shape index (κ1) is 17.4. The first-order valence-electron chi connectivity index (χ1n) is 6.92. The number of aliphatic hydroxyl groups excluding tert-OH is 1. The van der Waals surface area contributed by atoms with Crippen molar-refractivity contribution in [3.63, 3.8) is 0 Å². The average Bonchev–Trinajstić information content (AvgIpc) is 2.80. The number of aliphatic hydroxyl groups is 1. The van der Waals surface area contributed by atoms with Crippen molar-refractivity contribution in [3.8, 4) is 0 Å². The molecule has 1 aromatic rings. The summed E-state index contributed by atoms with van der Waals surface area (Å²) in [5.41, 5.74) is -0.340. The van der Waals surface area contributed by atoms with Crippen LogP contribution in [0.25, 0.3) is 0 Å². The van der Waals surface area contributed by atoms with Crippen molar-refractivity contribution in [3.05, 3.63) is 47.0 Å². The molecule has 0 saturated heterocycles. The van der Waals surface area contributed by atoms with Gasteiger partial charge in [0.05, 0.1) is 22.8 Å². The van der Waals surface area contributed by atoms with Gasteiger partial charge in [0.1, 0.15) is 6.10 Å². The lowest BCUT2D eigenvalue weighted by Crippen LogP contribution is -2.30. The zero-order valence-corrected chi connectivity index (χ0v) is 12.6. The maximum absolute atomic E-state index is 11.6. The van der Waals surface area contributed by atoms with Crippen molar-refractivity contribution in [1.82, 2.24) is 0 Å². The largest absolute Gasteiger partial charge is 0.478 e. The number of fused-ring (bicyclic) bond motifs is 1. The zero-order valence-electron chi connectivity index (χ0n) is 12.6. The fourth-order valence-corrected chi connectivity index (χ4v) is 2.25. The van der Waals surface area contributed by atoms with Gasteiger partial charge in [-0.25, -0.2) is 19.2 Å². The lowest BCUT2D eigenvalue weighted by molar-refractivity contribution is -0.147. The van der Waals surface area contributed by atoms with E-state index in [9.17, 15) is 29.4 Å². The Labute approximate surface area is 136 Å². The molecule has 1 aliphatic rings. The van der Waals surface area contributed by atoms with Gasteiger partial charge >= 0.3 is 23.9 Å². The number of aromatic carboxylic acids is 1. The molecule has 0 aliphatic carbocycles. The van der Waals surface area contributed by atoms with Crippen LogP contribution in [-0.2, 0) is 20.7 Å². The molecule has 126 valence electrons. The molecule has 0 fully saturated rings. The molecule has 0 bridgehead atoms. The summed E-state index contributed by atoms with van der Waals surface area (Å²) in [6.45, 7) is 4.66. The number of ether oxygens (including phenoxy) is 2. The van der Waals surface area contributed by atoms with E-state index in [1.807, 2.05) is 0 Å². The lowest BCUT2D eigenvalue weighted by atomic mass is 9.94. The van der Waals surface area contributed by atoms with Crippen LogP contribution in [0.15, 0.2) is 24.8 Å². The summed E-state index contributed by atoms with van der Waals surface area (Å²) >= 11 is 0. The summed E-state index contributed by atoms with van der Waals surface area (Å²) in [5.74, 6) is -3.86. The van der Waals surface area contributed by atoms with Gasteiger partial charge in [-0.15, -0.1) is 0 Å². The molecule has 0 saturated carbocycles. The second-order valence-electron chi connectivity index (χ2n) is 5.15. The molecule has 0 spiro atoms. The first-order chi connectivity index (χ1) is 11.2. The highest BCUT2D eigenvalue weighted by Gasteiger charge is 2.33. The number of carboxylic acids is 1. The molecule has 8 heteroatoms. The summed E-state index contributed by atoms with van der Waals surface area (Å²) in [6.07, 6.45) is -1.43. The standard InChI is InChI=1S/C16H14O8/c1-3-13(18)23-7(2)12(17)5-8-4-10-11(6-9(8)14(19)20)16(22)24-15(10)21/h3-4,6-7,12,17H,1,5H2,2H3,(H,19,20). The third kappa shape index (κ3) is 3.33. The van der Waals surface area contributed by atoms with E-state index in [2.05, 4.69) is 11.3 Å². The highest BCUT2D eigenvalue weighted by atomic mass is 16.6. The molecule has 8 nitrogen and oxygen atoms in total. The summed E-state index contributed by atoms with van der Waals surface area (Å²) in [7, 11) is 0. The number of carbonyl (C=O) groups excluding carboxylic acids is 3. The van der Waals surface area contributed by atoms with Crippen LogP contribution in [0.4, 0.5) is 0 Å². The molecule has 0 amide bonds. The Morgan fingerprint density at radius 1 is 1.29 bits per heavy atom. The molecular weight excluding hydrogens is 320 g/mol. The van der Waals surface area contributed by atoms with Gasteiger partial charge < -0.3 is 19.7 Å². The number of benzene rings is 1. The van der Waals surface area contributed by atoms with Gasteiger partial charge in [-0.2, -0.15) is 0 Å². The number of hydrogen-bond donors (Lipinski definition) is 2. The predicted octanol–water partition coefficient (Wildman–Crippen LogP) is 0.717. The fourth-order valence-electron chi connectivity index (χ4n) is 2.25. The van der Waals surface area contributed by atoms with Gasteiger partial charge in [0.15, 0.2) is 0 Å². The summed E-state index contributed by atoms with van der Waals surface area (Å²) in [5, 5.41) is 19.4. The van der Waals surface area contributed by atoms with E-state index >= 15 is 0 Å². The Hall–Kier alpha value is -3.00. The predicted molar refractivity (Wildman–Crippen MR) is 78.6 cm³/mol. The topological polar surface area (TPSA) is 127 Å². The average molecular weight is 334 g/mol. The highest BCUT2D eigenvalue weighted by molar-refractivity contribution is 6.15. The van der Waals surface area contributed by atoms with E-state index < -0.39 is 36.1 Å². The minimum atomic E-state index is -1.33. The van der Waals surface area contributed by atoms with Crippen LogP contribution in [0.2, 0.25) is 0 Å². The maximum Gasteiger partial charge on any atom is 0.346 e. The van der Waals surface area contributed by atoms with Gasteiger partial charge in [0.25, 0.3) is 0 Å². The van der Waals surface area contributed by atoms with Crippen molar-refractivity contribution in [2.45, 2.75) is 25.6 Å². The van der Waals surface area contributed by atoms with Crippen LogP contribution in [0, 0.1) is 0 Å². The number of rotatable bonds is 6. The SMILES string of the molecule is C=CC(=O)OC(C)C(O)Cc1cc2c(cc1C(=O)O)C(=O)OC2=O. The third-order valence-electron chi connectivity index (χ3n) is 3.54. The fraction of sp³-hybridized carbons (Fsp3) is 0.250. The van der Waals surface area contributed by atoms with Gasteiger partial charge in [-0.05, 0) is 24.6 Å². The Morgan fingerprint density at radius 2 is 1.88 bits per heavy atom. The number of esters is 3. The van der Waals surface area contributed by atoms with Gasteiger partial charge in [-0.3, -0.25) is 0 Å². The summed E-state index contributed by atoms with van der Waals surface area (Å²) in [4.78, 5) is 45.6. The summed E-state index contributed by atoms with van der Waals surface area (Å²) in [6, 6.07) is 2.23. The Bertz CT molecular complexity index is 749. The molecule has 1 aliphatic heterocycles. The van der Waals surface area contributed by atoms with Crippen LogP contribution >= 0.6 is 0 Å². The van der Waals surface area contributed by atoms with E-state index in [0.717, 1.165) is 12.1 Å². The Kier molecular flexibility index (Phi) is 4.79. The number of cyclic esters (lactones) is 2. The maximum atomic E-state index is 11.6. The molecule has 1 aromatic carbocycles. The molecule has 2 rings (SSSR count). The van der Waals surface area contributed by atoms with Gasteiger partial charge in [0, 0.05) is 12.5 Å². The minimum absolute atomic E-state index is 0.0667. The molecule has 2 N–H and O–H groups in total. The summed E-state index contributed by atoms with van der Waals surface area (Å²) < 4.78 is 9.29. The molecule has 1 heterocycles. The molecule has 24 heavy (non-hydrogen) atoms. The van der Waals surface area contributed by atoms with Crippen molar-refractivity contribution in [2.75, 3.05) is 0 Å². The Balaban J connectivity index is 2.32. The van der Waals surface area contributed by atoms with E-state index in [4.69, 9.17) is 4.74 Å². The number of carbonyl (C=O) groups is 4. The lowest BCUT2D eigenvalue weighted by Gasteiger charge is -2.19. The normalized spacial score (nSPS) is 15.2. The minimum Gasteiger partial charge on any atom is -0.478 e. The van der Waals surface area contributed by atoms with Crippen LogP contribution in [-0.4, -0.2) is 46.3 Å². The van der Waals surface area contributed by atoms with Crippen molar-refractivity contribution >= 4 is 23.9 Å². The van der Waals surface area contributed by atoms with E-state index in [0.29, 0.717) is 0 Å². The second kappa shape index (κ2) is 6.63. The van der Waals surface area contributed by atoms with Crippen LogP contribution in [0.1, 0.15) is 43.6 Å². The third-order valence-corrected chi connectivity index (χ3v) is 3.54. The molecule has 0 radical (unpaired) electrons. The first-order valence-corrected chi connectivity index (χ1v) is 6.92. The smallest absolute Gasteiger partial charge is 0.346 e. The van der Waals surface area contributed by atoms with E-state index in [-0.39, 0.29) is 28.7 Å². The Morgan fingerprint density at radius 3 is 2.42 bits per heavy atom. The molecule has 2 atom stereocenters. The van der Waals surface area contributed by atoms with Crippen LogP contribution < -0.4 is 0 Å². The monoisotopic (exact) mass is 334 g/mol. The number of hydrogen-bond acceptors (Lipinski definition) is 7. The quantitative estimate of drug-likeness (QED) is 0.442. The second-order valence-corrected chi connectivity index (χ2v) is 5.15. The van der Waals surface area contributed by atoms with Crippen LogP contribution in [0.5, 0.6) is 0 Å².